The van der Waals surface area contributed by atoms with Crippen LogP contribution in [0.15, 0.2) is 11.4 Å². The zero-order valence-electron chi connectivity index (χ0n) is 11.3. The predicted molar refractivity (Wildman–Crippen MR) is 78.6 cm³/mol. The van der Waals surface area contributed by atoms with Crippen molar-refractivity contribution in [3.05, 3.63) is 17.0 Å². The van der Waals surface area contributed by atoms with E-state index in [2.05, 4.69) is 10.6 Å². The predicted octanol–water partition coefficient (Wildman–Crippen LogP) is 1.84. The Labute approximate surface area is 122 Å². The van der Waals surface area contributed by atoms with Crippen LogP contribution < -0.4 is 10.6 Å². The second-order valence-electron chi connectivity index (χ2n) is 5.15. The highest BCUT2D eigenvalue weighted by molar-refractivity contribution is 7.14. The largest absolute Gasteiger partial charge is 0.394 e. The van der Waals surface area contributed by atoms with Gasteiger partial charge in [0.15, 0.2) is 0 Å². The molecule has 1 aromatic heterocycles. The van der Waals surface area contributed by atoms with Crippen LogP contribution in [0.3, 0.4) is 0 Å². The van der Waals surface area contributed by atoms with Gasteiger partial charge in [-0.25, -0.2) is 0 Å². The average molecular weight is 293 g/mol. The minimum absolute atomic E-state index is 0.109. The summed E-state index contributed by atoms with van der Waals surface area (Å²) in [5.74, 6) is -0.109. The molecule has 0 radical (unpaired) electrons. The molecule has 1 saturated carbocycles. The maximum atomic E-state index is 11.8. The van der Waals surface area contributed by atoms with Gasteiger partial charge in [0.05, 0.1) is 12.2 Å². The molecule has 6 heteroatoms. The van der Waals surface area contributed by atoms with Gasteiger partial charge in [0.25, 0.3) is 0 Å². The van der Waals surface area contributed by atoms with Gasteiger partial charge < -0.3 is 15.7 Å². The van der Waals surface area contributed by atoms with Gasteiger partial charge in [-0.05, 0) is 24.3 Å². The molecule has 5 nitrogen and oxygen atoms in total. The van der Waals surface area contributed by atoms with Crippen molar-refractivity contribution in [2.45, 2.75) is 37.6 Å². The molecule has 1 heterocycles. The molecular weight excluding hydrogens is 274 g/mol. The topological polar surface area (TPSA) is 85.2 Å². The molecular formula is C14H19N3O2S. The Morgan fingerprint density at radius 3 is 2.90 bits per heavy atom. The summed E-state index contributed by atoms with van der Waals surface area (Å²) >= 11 is 1.35. The lowest BCUT2D eigenvalue weighted by molar-refractivity contribution is -0.116. The number of aliphatic hydroxyl groups is 1. The Kier molecular flexibility index (Phi) is 5.12. The van der Waals surface area contributed by atoms with E-state index in [1.165, 1.54) is 11.3 Å². The van der Waals surface area contributed by atoms with Crippen LogP contribution in [0.2, 0.25) is 0 Å². The van der Waals surface area contributed by atoms with Crippen LogP contribution >= 0.6 is 11.3 Å². The Balaban J connectivity index is 1.77. The maximum Gasteiger partial charge on any atom is 0.226 e. The van der Waals surface area contributed by atoms with E-state index < -0.39 is 0 Å². The number of rotatable bonds is 6. The number of carbonyl (C=O) groups excluding carboxylic acids is 1. The fraction of sp³-hybridized carbons (Fsp3) is 0.571. The monoisotopic (exact) mass is 293 g/mol. The third kappa shape index (κ3) is 3.57. The molecule has 0 aliphatic heterocycles. The van der Waals surface area contributed by atoms with Crippen molar-refractivity contribution in [3.8, 4) is 6.07 Å². The third-order valence-electron chi connectivity index (χ3n) is 3.75. The quantitative estimate of drug-likeness (QED) is 0.747. The number of amides is 1. The van der Waals surface area contributed by atoms with Crippen LogP contribution in [0, 0.1) is 11.3 Å². The van der Waals surface area contributed by atoms with Crippen LogP contribution in [0.25, 0.3) is 0 Å². The lowest BCUT2D eigenvalue weighted by atomic mass is 9.99. The molecule has 0 spiro atoms. The highest BCUT2D eigenvalue weighted by Crippen LogP contribution is 2.29. The van der Waals surface area contributed by atoms with Gasteiger partial charge in [0.2, 0.25) is 5.91 Å². The number of aliphatic hydroxyl groups excluding tert-OH is 1. The average Bonchev–Trinajstić information content (AvgIpc) is 3.08. The second kappa shape index (κ2) is 6.84. The number of anilines is 1. The molecule has 20 heavy (non-hydrogen) atoms. The molecule has 1 aliphatic rings. The van der Waals surface area contributed by atoms with Gasteiger partial charge in [-0.3, -0.25) is 4.79 Å². The first-order valence-electron chi connectivity index (χ1n) is 6.82. The summed E-state index contributed by atoms with van der Waals surface area (Å²) in [5.41, 5.74) is 0.306. The van der Waals surface area contributed by atoms with Crippen molar-refractivity contribution in [1.29, 1.82) is 5.26 Å². The molecule has 0 aromatic carbocycles. The van der Waals surface area contributed by atoms with Crippen LogP contribution in [0.1, 0.15) is 37.7 Å². The Hall–Kier alpha value is -1.42. The van der Waals surface area contributed by atoms with E-state index in [0.29, 0.717) is 23.5 Å². The smallest absolute Gasteiger partial charge is 0.226 e. The van der Waals surface area contributed by atoms with E-state index in [9.17, 15) is 9.90 Å². The van der Waals surface area contributed by atoms with Crippen molar-refractivity contribution in [3.63, 3.8) is 0 Å². The number of nitrogens with zero attached hydrogens (tertiary/aromatic N) is 1. The van der Waals surface area contributed by atoms with Crippen LogP contribution in [-0.2, 0) is 4.79 Å². The Morgan fingerprint density at radius 1 is 1.50 bits per heavy atom. The van der Waals surface area contributed by atoms with Crippen LogP contribution in [0.4, 0.5) is 5.00 Å². The van der Waals surface area contributed by atoms with Crippen LogP contribution in [0.5, 0.6) is 0 Å². The first-order valence-corrected chi connectivity index (χ1v) is 7.70. The van der Waals surface area contributed by atoms with Crippen molar-refractivity contribution >= 4 is 22.2 Å². The summed E-state index contributed by atoms with van der Waals surface area (Å²) in [5, 5.41) is 26.8. The molecule has 0 bridgehead atoms. The highest BCUT2D eigenvalue weighted by Gasteiger charge is 2.32. The number of thiophene rings is 1. The van der Waals surface area contributed by atoms with Gasteiger partial charge in [-0.15, -0.1) is 11.3 Å². The van der Waals surface area contributed by atoms with E-state index in [-0.39, 0.29) is 18.1 Å². The normalized spacial score (nSPS) is 16.8. The first-order chi connectivity index (χ1) is 9.69. The van der Waals surface area contributed by atoms with Gasteiger partial charge in [-0.1, -0.05) is 12.8 Å². The van der Waals surface area contributed by atoms with Gasteiger partial charge >= 0.3 is 0 Å². The minimum Gasteiger partial charge on any atom is -0.394 e. The molecule has 108 valence electrons. The lowest BCUT2D eigenvalue weighted by Crippen LogP contribution is -2.47. The summed E-state index contributed by atoms with van der Waals surface area (Å²) in [6.45, 7) is 0.664. The number of hydrogen-bond donors (Lipinski definition) is 3. The molecule has 2 rings (SSSR count). The molecule has 1 fully saturated rings. The molecule has 1 amide bonds. The molecule has 0 atom stereocenters. The molecule has 0 saturated heterocycles. The standard InChI is InChI=1S/C14H19N3O2S/c15-9-11-4-8-20-13(11)17-12(19)3-7-16-14(10-18)5-1-2-6-14/h4,8,16,18H,1-3,5-7,10H2,(H,17,19). The van der Waals surface area contributed by atoms with E-state index in [0.717, 1.165) is 25.7 Å². The highest BCUT2D eigenvalue weighted by atomic mass is 32.1. The molecule has 3 N–H and O–H groups in total. The second-order valence-corrected chi connectivity index (χ2v) is 6.06. The Bertz CT molecular complexity index is 501. The summed E-state index contributed by atoms with van der Waals surface area (Å²) in [7, 11) is 0. The van der Waals surface area contributed by atoms with E-state index in [4.69, 9.17) is 5.26 Å². The fourth-order valence-corrected chi connectivity index (χ4v) is 3.32. The Morgan fingerprint density at radius 2 is 2.25 bits per heavy atom. The SMILES string of the molecule is N#Cc1ccsc1NC(=O)CCNC1(CO)CCCC1. The lowest BCUT2D eigenvalue weighted by Gasteiger charge is -2.27. The number of hydrogen-bond acceptors (Lipinski definition) is 5. The van der Waals surface area contributed by atoms with Crippen molar-refractivity contribution < 1.29 is 9.90 Å². The maximum absolute atomic E-state index is 11.8. The van der Waals surface area contributed by atoms with Crippen molar-refractivity contribution in [1.82, 2.24) is 5.32 Å². The van der Waals surface area contributed by atoms with Gasteiger partial charge in [0.1, 0.15) is 11.1 Å². The molecule has 1 aliphatic carbocycles. The third-order valence-corrected chi connectivity index (χ3v) is 4.58. The molecule has 1 aromatic rings. The van der Waals surface area contributed by atoms with Crippen molar-refractivity contribution in [2.75, 3.05) is 18.5 Å². The summed E-state index contributed by atoms with van der Waals surface area (Å²) in [6.07, 6.45) is 4.52. The zero-order chi connectivity index (χ0) is 14.4. The van der Waals surface area contributed by atoms with Crippen molar-refractivity contribution in [2.24, 2.45) is 0 Å². The summed E-state index contributed by atoms with van der Waals surface area (Å²) < 4.78 is 0. The van der Waals surface area contributed by atoms with E-state index in [1.54, 1.807) is 11.4 Å². The molecule has 0 unspecified atom stereocenters. The van der Waals surface area contributed by atoms with E-state index in [1.807, 2.05) is 6.07 Å². The number of nitrogens with one attached hydrogen (secondary N) is 2. The zero-order valence-corrected chi connectivity index (χ0v) is 12.1. The van der Waals surface area contributed by atoms with Gasteiger partial charge in [-0.2, -0.15) is 5.26 Å². The fourth-order valence-electron chi connectivity index (χ4n) is 2.57. The first kappa shape index (κ1) is 15.0. The summed E-state index contributed by atoms with van der Waals surface area (Å²) in [6, 6.07) is 3.74. The minimum atomic E-state index is -0.193. The van der Waals surface area contributed by atoms with Crippen LogP contribution in [-0.4, -0.2) is 29.7 Å². The number of nitriles is 1. The van der Waals surface area contributed by atoms with E-state index >= 15 is 0 Å². The summed E-state index contributed by atoms with van der Waals surface area (Å²) in [4.78, 5) is 11.8. The van der Waals surface area contributed by atoms with Gasteiger partial charge in [0, 0.05) is 18.5 Å². The number of carbonyl (C=O) groups is 1.